The zero-order chi connectivity index (χ0) is 14.1. The molecule has 1 atom stereocenters. The van der Waals surface area contributed by atoms with Gasteiger partial charge in [0, 0.05) is 13.1 Å². The Hall–Kier alpha value is -0.980. The molecular formula is C11H18F3NO3. The average molecular weight is 269 g/mol. The standard InChI is InChI=1S/C11H18F3NO3/c1-10(2,3)18-9(17)15-5-7(6-15)4-8(16)11(12,13)14/h7-8,16H,4-6H2,1-3H3. The van der Waals surface area contributed by atoms with E-state index in [-0.39, 0.29) is 25.4 Å². The van der Waals surface area contributed by atoms with E-state index in [9.17, 15) is 18.0 Å². The molecule has 0 aliphatic carbocycles. The lowest BCUT2D eigenvalue weighted by atomic mass is 9.93. The minimum absolute atomic E-state index is 0.196. The van der Waals surface area contributed by atoms with Crippen LogP contribution in [-0.2, 0) is 4.74 Å². The van der Waals surface area contributed by atoms with E-state index in [1.807, 2.05) is 0 Å². The number of nitrogens with zero attached hydrogens (tertiary/aromatic N) is 1. The van der Waals surface area contributed by atoms with Gasteiger partial charge >= 0.3 is 12.3 Å². The molecule has 0 spiro atoms. The van der Waals surface area contributed by atoms with Crippen LogP contribution < -0.4 is 0 Å². The molecule has 0 bridgehead atoms. The van der Waals surface area contributed by atoms with Gasteiger partial charge in [-0.25, -0.2) is 4.79 Å². The van der Waals surface area contributed by atoms with Gasteiger partial charge in [-0.2, -0.15) is 13.2 Å². The van der Waals surface area contributed by atoms with Crippen LogP contribution in [0.15, 0.2) is 0 Å². The summed E-state index contributed by atoms with van der Waals surface area (Å²) in [4.78, 5) is 12.8. The van der Waals surface area contributed by atoms with Gasteiger partial charge in [0.15, 0.2) is 0 Å². The molecule has 106 valence electrons. The van der Waals surface area contributed by atoms with Crippen LogP contribution in [0.2, 0.25) is 0 Å². The van der Waals surface area contributed by atoms with Crippen molar-refractivity contribution in [3.63, 3.8) is 0 Å². The first-order valence-corrected chi connectivity index (χ1v) is 5.72. The number of hydrogen-bond donors (Lipinski definition) is 1. The van der Waals surface area contributed by atoms with Crippen LogP contribution in [0.4, 0.5) is 18.0 Å². The van der Waals surface area contributed by atoms with Gasteiger partial charge in [-0.1, -0.05) is 0 Å². The number of rotatable bonds is 2. The first-order chi connectivity index (χ1) is 7.99. The summed E-state index contributed by atoms with van der Waals surface area (Å²) >= 11 is 0. The third-order valence-corrected chi connectivity index (χ3v) is 2.54. The van der Waals surface area contributed by atoms with Crippen LogP contribution in [0.3, 0.4) is 0 Å². The summed E-state index contributed by atoms with van der Waals surface area (Å²) in [5, 5.41) is 8.87. The Morgan fingerprint density at radius 3 is 2.28 bits per heavy atom. The number of halogens is 3. The molecule has 1 amide bonds. The number of alkyl halides is 3. The highest BCUT2D eigenvalue weighted by Gasteiger charge is 2.43. The van der Waals surface area contributed by atoms with E-state index < -0.39 is 24.0 Å². The monoisotopic (exact) mass is 269 g/mol. The zero-order valence-corrected chi connectivity index (χ0v) is 10.6. The molecule has 0 aromatic heterocycles. The lowest BCUT2D eigenvalue weighted by Crippen LogP contribution is -2.53. The topological polar surface area (TPSA) is 49.8 Å². The predicted octanol–water partition coefficient (Wildman–Crippen LogP) is 2.17. The quantitative estimate of drug-likeness (QED) is 0.835. The molecule has 1 saturated heterocycles. The Bertz CT molecular complexity index is 306. The minimum atomic E-state index is -4.59. The number of aliphatic hydroxyl groups excluding tert-OH is 1. The summed E-state index contributed by atoms with van der Waals surface area (Å²) < 4.78 is 41.3. The van der Waals surface area contributed by atoms with Crippen LogP contribution >= 0.6 is 0 Å². The molecule has 0 radical (unpaired) electrons. The van der Waals surface area contributed by atoms with Crippen molar-refractivity contribution in [1.29, 1.82) is 0 Å². The molecule has 7 heteroatoms. The number of ether oxygens (including phenoxy) is 1. The molecule has 1 aliphatic rings. The van der Waals surface area contributed by atoms with E-state index in [4.69, 9.17) is 9.84 Å². The van der Waals surface area contributed by atoms with Crippen LogP contribution in [0.25, 0.3) is 0 Å². The van der Waals surface area contributed by atoms with Gasteiger partial charge in [0.2, 0.25) is 0 Å². The highest BCUT2D eigenvalue weighted by molar-refractivity contribution is 5.69. The van der Waals surface area contributed by atoms with Crippen molar-refractivity contribution in [3.8, 4) is 0 Å². The molecule has 1 unspecified atom stereocenters. The number of aliphatic hydroxyl groups is 1. The van der Waals surface area contributed by atoms with Crippen molar-refractivity contribution in [2.75, 3.05) is 13.1 Å². The summed E-state index contributed by atoms with van der Waals surface area (Å²) in [5.74, 6) is -0.325. The Balaban J connectivity index is 2.30. The minimum Gasteiger partial charge on any atom is -0.444 e. The molecule has 1 N–H and O–H groups in total. The van der Waals surface area contributed by atoms with Gasteiger partial charge in [0.25, 0.3) is 0 Å². The largest absolute Gasteiger partial charge is 0.444 e. The van der Waals surface area contributed by atoms with Crippen molar-refractivity contribution in [3.05, 3.63) is 0 Å². The average Bonchev–Trinajstić information content (AvgIpc) is 2.04. The maximum Gasteiger partial charge on any atom is 0.414 e. The Labute approximate surface area is 104 Å². The van der Waals surface area contributed by atoms with Crippen LogP contribution in [0, 0.1) is 5.92 Å². The molecule has 0 aromatic carbocycles. The van der Waals surface area contributed by atoms with Crippen molar-refractivity contribution >= 4 is 6.09 Å². The summed E-state index contributed by atoms with van der Waals surface area (Å²) in [6.45, 7) is 5.55. The van der Waals surface area contributed by atoms with Gasteiger partial charge in [0.1, 0.15) is 11.7 Å². The first-order valence-electron chi connectivity index (χ1n) is 5.72. The van der Waals surface area contributed by atoms with Crippen molar-refractivity contribution in [1.82, 2.24) is 4.90 Å². The molecule has 18 heavy (non-hydrogen) atoms. The predicted molar refractivity (Wildman–Crippen MR) is 58.0 cm³/mol. The molecule has 1 rings (SSSR count). The fraction of sp³-hybridized carbons (Fsp3) is 0.909. The van der Waals surface area contributed by atoms with E-state index >= 15 is 0 Å². The second-order valence-electron chi connectivity index (χ2n) is 5.54. The molecule has 1 fully saturated rings. The normalized spacial score (nSPS) is 19.4. The number of amides is 1. The van der Waals surface area contributed by atoms with Gasteiger partial charge < -0.3 is 14.7 Å². The maximum atomic E-state index is 12.1. The van der Waals surface area contributed by atoms with E-state index in [0.29, 0.717) is 0 Å². The van der Waals surface area contributed by atoms with Crippen LogP contribution in [0.1, 0.15) is 27.2 Å². The van der Waals surface area contributed by atoms with E-state index in [1.165, 1.54) is 4.90 Å². The van der Waals surface area contributed by atoms with E-state index in [2.05, 4.69) is 0 Å². The van der Waals surface area contributed by atoms with Gasteiger partial charge in [-0.05, 0) is 33.1 Å². The Kier molecular flexibility index (Phi) is 4.15. The number of hydrogen-bond acceptors (Lipinski definition) is 3. The number of likely N-dealkylation sites (tertiary alicyclic amines) is 1. The highest BCUT2D eigenvalue weighted by Crippen LogP contribution is 2.29. The third-order valence-electron chi connectivity index (χ3n) is 2.54. The van der Waals surface area contributed by atoms with E-state index in [0.717, 1.165) is 0 Å². The number of carbonyl (C=O) groups is 1. The van der Waals surface area contributed by atoms with Crippen LogP contribution in [-0.4, -0.2) is 47.1 Å². The second-order valence-corrected chi connectivity index (χ2v) is 5.54. The van der Waals surface area contributed by atoms with Gasteiger partial charge in [-0.15, -0.1) is 0 Å². The summed E-state index contributed by atoms with van der Waals surface area (Å²) in [6, 6.07) is 0. The second kappa shape index (κ2) is 4.95. The Morgan fingerprint density at radius 1 is 1.39 bits per heavy atom. The third kappa shape index (κ3) is 4.36. The molecule has 1 heterocycles. The van der Waals surface area contributed by atoms with Gasteiger partial charge in [0.05, 0.1) is 0 Å². The zero-order valence-electron chi connectivity index (χ0n) is 10.6. The SMILES string of the molecule is CC(C)(C)OC(=O)N1CC(CC(O)C(F)(F)F)C1. The van der Waals surface area contributed by atoms with Crippen LogP contribution in [0.5, 0.6) is 0 Å². The molecular weight excluding hydrogens is 251 g/mol. The summed E-state index contributed by atoms with van der Waals surface area (Å²) in [7, 11) is 0. The van der Waals surface area contributed by atoms with Crippen molar-refractivity contribution in [2.45, 2.75) is 45.1 Å². The lowest BCUT2D eigenvalue weighted by molar-refractivity contribution is -0.211. The lowest BCUT2D eigenvalue weighted by Gasteiger charge is -2.40. The fourth-order valence-electron chi connectivity index (χ4n) is 1.64. The highest BCUT2D eigenvalue weighted by atomic mass is 19.4. The molecule has 0 saturated carbocycles. The van der Waals surface area contributed by atoms with Crippen molar-refractivity contribution < 1.29 is 27.8 Å². The molecule has 4 nitrogen and oxygen atoms in total. The Morgan fingerprint density at radius 2 is 1.89 bits per heavy atom. The molecule has 1 aliphatic heterocycles. The van der Waals surface area contributed by atoms with Crippen molar-refractivity contribution in [2.24, 2.45) is 5.92 Å². The van der Waals surface area contributed by atoms with E-state index in [1.54, 1.807) is 20.8 Å². The first kappa shape index (κ1) is 15.1. The summed E-state index contributed by atoms with van der Waals surface area (Å²) in [5.41, 5.74) is -0.617. The summed E-state index contributed by atoms with van der Waals surface area (Å²) in [6.07, 6.45) is -7.81. The number of carbonyl (C=O) groups excluding carboxylic acids is 1. The smallest absolute Gasteiger partial charge is 0.414 e. The maximum absolute atomic E-state index is 12.1. The molecule has 0 aromatic rings. The fourth-order valence-corrected chi connectivity index (χ4v) is 1.64. The van der Waals surface area contributed by atoms with Gasteiger partial charge in [-0.3, -0.25) is 0 Å².